The number of carbonyl (C=O) groups is 1. The number of fused-ring (bicyclic) bond motifs is 1. The van der Waals surface area contributed by atoms with Gasteiger partial charge in [0.05, 0.1) is 6.10 Å². The van der Waals surface area contributed by atoms with E-state index in [1.165, 1.54) is 0 Å². The molecule has 19 heavy (non-hydrogen) atoms. The molecule has 0 saturated carbocycles. The smallest absolute Gasteiger partial charge is 0.234 e. The molecular weight excluding hydrogens is 240 g/mol. The van der Waals surface area contributed by atoms with Crippen molar-refractivity contribution in [3.8, 4) is 5.75 Å². The lowest BCUT2D eigenvalue weighted by atomic mass is 10.1. The van der Waals surface area contributed by atoms with E-state index in [1.54, 1.807) is 0 Å². The van der Waals surface area contributed by atoms with Gasteiger partial charge in [-0.15, -0.1) is 0 Å². The highest BCUT2D eigenvalue weighted by atomic mass is 16.5. The highest BCUT2D eigenvalue weighted by molar-refractivity contribution is 5.88. The Hall–Kier alpha value is -2.07. The molecule has 1 unspecified atom stereocenters. The Balaban J connectivity index is 2.06. The Bertz CT molecular complexity index is 564. The van der Waals surface area contributed by atoms with Gasteiger partial charge in [-0.05, 0) is 24.8 Å². The minimum atomic E-state index is -0.173. The van der Waals surface area contributed by atoms with Gasteiger partial charge >= 0.3 is 0 Å². The van der Waals surface area contributed by atoms with Gasteiger partial charge in [0, 0.05) is 11.8 Å². The molecule has 0 saturated heterocycles. The standard InChI is InChI=1S/C15H18N2O2/c1-11(9-10-15(18)17-16)19-14-8-4-6-12-5-2-3-7-13(12)14/h2-8,11H,9-10,16H2,1H3,(H,17,18). The van der Waals surface area contributed by atoms with Crippen LogP contribution in [0.25, 0.3) is 10.8 Å². The topological polar surface area (TPSA) is 64.4 Å². The Morgan fingerprint density at radius 1 is 1.26 bits per heavy atom. The lowest BCUT2D eigenvalue weighted by Crippen LogP contribution is -2.30. The van der Waals surface area contributed by atoms with Crippen molar-refractivity contribution in [1.82, 2.24) is 5.43 Å². The fourth-order valence-corrected chi connectivity index (χ4v) is 1.98. The zero-order valence-corrected chi connectivity index (χ0v) is 10.9. The van der Waals surface area contributed by atoms with Crippen molar-refractivity contribution in [2.45, 2.75) is 25.9 Å². The third-order valence-electron chi connectivity index (χ3n) is 3.02. The van der Waals surface area contributed by atoms with Crippen LogP contribution in [0, 0.1) is 0 Å². The van der Waals surface area contributed by atoms with Gasteiger partial charge in [0.15, 0.2) is 0 Å². The van der Waals surface area contributed by atoms with E-state index >= 15 is 0 Å². The summed E-state index contributed by atoms with van der Waals surface area (Å²) in [6, 6.07) is 14.0. The van der Waals surface area contributed by atoms with E-state index in [-0.39, 0.29) is 12.0 Å². The van der Waals surface area contributed by atoms with E-state index in [9.17, 15) is 4.79 Å². The maximum atomic E-state index is 11.1. The zero-order chi connectivity index (χ0) is 13.7. The van der Waals surface area contributed by atoms with Crippen LogP contribution >= 0.6 is 0 Å². The van der Waals surface area contributed by atoms with E-state index < -0.39 is 0 Å². The van der Waals surface area contributed by atoms with Gasteiger partial charge in [-0.1, -0.05) is 36.4 Å². The van der Waals surface area contributed by atoms with E-state index in [1.807, 2.05) is 37.3 Å². The van der Waals surface area contributed by atoms with E-state index in [0.29, 0.717) is 12.8 Å². The lowest BCUT2D eigenvalue weighted by molar-refractivity contribution is -0.121. The Morgan fingerprint density at radius 2 is 2.00 bits per heavy atom. The van der Waals surface area contributed by atoms with Crippen LogP contribution in [0.2, 0.25) is 0 Å². The molecule has 3 N–H and O–H groups in total. The van der Waals surface area contributed by atoms with Crippen molar-refractivity contribution in [2.24, 2.45) is 5.84 Å². The summed E-state index contributed by atoms with van der Waals surface area (Å²) in [6.45, 7) is 1.95. The van der Waals surface area contributed by atoms with Crippen molar-refractivity contribution < 1.29 is 9.53 Å². The number of benzene rings is 2. The minimum absolute atomic E-state index is 0.0388. The first kappa shape index (κ1) is 13.4. The summed E-state index contributed by atoms with van der Waals surface area (Å²) in [5, 5.41) is 2.23. The number of nitrogens with two attached hydrogens (primary N) is 1. The molecule has 0 fully saturated rings. The van der Waals surface area contributed by atoms with Crippen LogP contribution in [-0.4, -0.2) is 12.0 Å². The maximum Gasteiger partial charge on any atom is 0.234 e. The summed E-state index contributed by atoms with van der Waals surface area (Å²) >= 11 is 0. The zero-order valence-electron chi connectivity index (χ0n) is 10.9. The highest BCUT2D eigenvalue weighted by Crippen LogP contribution is 2.26. The summed E-state index contributed by atoms with van der Waals surface area (Å²) in [4.78, 5) is 11.1. The second-order valence-electron chi connectivity index (χ2n) is 4.51. The SMILES string of the molecule is CC(CCC(=O)NN)Oc1cccc2ccccc12. The van der Waals surface area contributed by atoms with Crippen LogP contribution in [0.5, 0.6) is 5.75 Å². The third-order valence-corrected chi connectivity index (χ3v) is 3.02. The molecule has 2 aromatic carbocycles. The van der Waals surface area contributed by atoms with Gasteiger partial charge in [-0.2, -0.15) is 0 Å². The van der Waals surface area contributed by atoms with Gasteiger partial charge in [0.25, 0.3) is 0 Å². The lowest BCUT2D eigenvalue weighted by Gasteiger charge is -2.16. The normalized spacial score (nSPS) is 12.1. The predicted molar refractivity (Wildman–Crippen MR) is 75.6 cm³/mol. The van der Waals surface area contributed by atoms with E-state index in [2.05, 4.69) is 17.6 Å². The molecule has 1 atom stereocenters. The number of rotatable bonds is 5. The molecule has 0 aliphatic heterocycles. The second-order valence-corrected chi connectivity index (χ2v) is 4.51. The number of hydrazine groups is 1. The van der Waals surface area contributed by atoms with Crippen LogP contribution in [0.3, 0.4) is 0 Å². The van der Waals surface area contributed by atoms with Gasteiger partial charge in [0.1, 0.15) is 5.75 Å². The van der Waals surface area contributed by atoms with E-state index in [0.717, 1.165) is 16.5 Å². The number of nitrogens with one attached hydrogen (secondary N) is 1. The molecular formula is C15H18N2O2. The van der Waals surface area contributed by atoms with Crippen LogP contribution in [0.1, 0.15) is 19.8 Å². The number of amides is 1. The summed E-state index contributed by atoms with van der Waals surface area (Å²) in [5.74, 6) is 5.72. The second kappa shape index (κ2) is 6.20. The summed E-state index contributed by atoms with van der Waals surface area (Å²) < 4.78 is 5.90. The van der Waals surface area contributed by atoms with Crippen LogP contribution in [0.4, 0.5) is 0 Å². The predicted octanol–water partition coefficient (Wildman–Crippen LogP) is 2.38. The number of hydrogen-bond donors (Lipinski definition) is 2. The minimum Gasteiger partial charge on any atom is -0.490 e. The van der Waals surface area contributed by atoms with Crippen LogP contribution < -0.4 is 16.0 Å². The first-order valence-corrected chi connectivity index (χ1v) is 6.34. The molecule has 0 aromatic heterocycles. The van der Waals surface area contributed by atoms with E-state index in [4.69, 9.17) is 10.6 Å². The monoisotopic (exact) mass is 258 g/mol. The molecule has 0 spiro atoms. The average Bonchev–Trinajstić information content (AvgIpc) is 2.45. The van der Waals surface area contributed by atoms with Crippen LogP contribution in [-0.2, 0) is 4.79 Å². The fourth-order valence-electron chi connectivity index (χ4n) is 1.98. The van der Waals surface area contributed by atoms with Gasteiger partial charge in [-0.3, -0.25) is 10.2 Å². The quantitative estimate of drug-likeness (QED) is 0.491. The average molecular weight is 258 g/mol. The molecule has 1 amide bonds. The molecule has 0 radical (unpaired) electrons. The largest absolute Gasteiger partial charge is 0.490 e. The summed E-state index contributed by atoms with van der Waals surface area (Å²) in [6.07, 6.45) is 0.956. The van der Waals surface area contributed by atoms with Gasteiger partial charge in [0.2, 0.25) is 5.91 Å². The summed E-state index contributed by atoms with van der Waals surface area (Å²) in [5.41, 5.74) is 2.12. The van der Waals surface area contributed by atoms with Crippen molar-refractivity contribution in [3.63, 3.8) is 0 Å². The molecule has 0 bridgehead atoms. The fraction of sp³-hybridized carbons (Fsp3) is 0.267. The Kier molecular flexibility index (Phi) is 4.36. The molecule has 100 valence electrons. The van der Waals surface area contributed by atoms with Crippen molar-refractivity contribution in [3.05, 3.63) is 42.5 Å². The maximum absolute atomic E-state index is 11.1. The molecule has 2 aromatic rings. The highest BCUT2D eigenvalue weighted by Gasteiger charge is 2.09. The molecule has 0 aliphatic carbocycles. The number of hydrogen-bond acceptors (Lipinski definition) is 3. The summed E-state index contributed by atoms with van der Waals surface area (Å²) in [7, 11) is 0. The number of carbonyl (C=O) groups excluding carboxylic acids is 1. The first-order valence-electron chi connectivity index (χ1n) is 6.34. The molecule has 4 heteroatoms. The molecule has 0 aliphatic rings. The van der Waals surface area contributed by atoms with Crippen LogP contribution in [0.15, 0.2) is 42.5 Å². The van der Waals surface area contributed by atoms with Crippen molar-refractivity contribution >= 4 is 16.7 Å². The number of ether oxygens (including phenoxy) is 1. The van der Waals surface area contributed by atoms with Gasteiger partial charge < -0.3 is 4.74 Å². The van der Waals surface area contributed by atoms with Gasteiger partial charge in [-0.25, -0.2) is 5.84 Å². The Labute approximate surface area is 112 Å². The van der Waals surface area contributed by atoms with Crippen molar-refractivity contribution in [2.75, 3.05) is 0 Å². The molecule has 2 rings (SSSR count). The first-order chi connectivity index (χ1) is 9.20. The Morgan fingerprint density at radius 3 is 2.79 bits per heavy atom. The van der Waals surface area contributed by atoms with Crippen molar-refractivity contribution in [1.29, 1.82) is 0 Å². The molecule has 0 heterocycles. The third kappa shape index (κ3) is 3.45. The molecule has 4 nitrogen and oxygen atoms in total.